The van der Waals surface area contributed by atoms with Crippen molar-refractivity contribution in [3.8, 4) is 5.75 Å². The van der Waals surface area contributed by atoms with Gasteiger partial charge in [0.2, 0.25) is 0 Å². The fraction of sp³-hybridized carbons (Fsp3) is 0.500. The van der Waals surface area contributed by atoms with Gasteiger partial charge in [-0.2, -0.15) is 0 Å². The number of anilines is 1. The third-order valence-electron chi connectivity index (χ3n) is 3.65. The molecule has 2 rings (SSSR count). The van der Waals surface area contributed by atoms with E-state index >= 15 is 0 Å². The van der Waals surface area contributed by atoms with E-state index in [2.05, 4.69) is 12.2 Å². The maximum Gasteiger partial charge on any atom is 0.329 e. The number of methoxy groups -OCH3 is 1. The van der Waals surface area contributed by atoms with Crippen molar-refractivity contribution in [3.05, 3.63) is 24.3 Å². The smallest absolute Gasteiger partial charge is 0.329 e. The van der Waals surface area contributed by atoms with Crippen LogP contribution in [0.1, 0.15) is 26.2 Å². The molecule has 0 spiro atoms. The van der Waals surface area contributed by atoms with Crippen molar-refractivity contribution < 1.29 is 14.6 Å². The van der Waals surface area contributed by atoms with Gasteiger partial charge in [0.1, 0.15) is 11.3 Å². The van der Waals surface area contributed by atoms with Gasteiger partial charge in [0, 0.05) is 0 Å². The number of benzene rings is 1. The Balaban J connectivity index is 2.27. The van der Waals surface area contributed by atoms with Crippen molar-refractivity contribution in [2.24, 2.45) is 5.92 Å². The molecule has 2 unspecified atom stereocenters. The van der Waals surface area contributed by atoms with Crippen LogP contribution in [0.15, 0.2) is 24.3 Å². The fourth-order valence-corrected chi connectivity index (χ4v) is 2.66. The van der Waals surface area contributed by atoms with E-state index in [1.165, 1.54) is 0 Å². The summed E-state index contributed by atoms with van der Waals surface area (Å²) in [6.07, 6.45) is 2.25. The van der Waals surface area contributed by atoms with E-state index in [-0.39, 0.29) is 0 Å². The predicted octanol–water partition coefficient (Wildman–Crippen LogP) is 2.75. The van der Waals surface area contributed by atoms with Crippen molar-refractivity contribution in [1.82, 2.24) is 0 Å². The van der Waals surface area contributed by atoms with Gasteiger partial charge in [-0.15, -0.1) is 0 Å². The average molecular weight is 249 g/mol. The molecule has 1 aliphatic carbocycles. The van der Waals surface area contributed by atoms with Gasteiger partial charge < -0.3 is 15.2 Å². The van der Waals surface area contributed by atoms with Crippen molar-refractivity contribution >= 4 is 11.7 Å². The average Bonchev–Trinajstić information content (AvgIpc) is 2.73. The van der Waals surface area contributed by atoms with Crippen LogP contribution in [-0.2, 0) is 4.79 Å². The van der Waals surface area contributed by atoms with Crippen molar-refractivity contribution in [2.75, 3.05) is 12.4 Å². The summed E-state index contributed by atoms with van der Waals surface area (Å²) in [5.74, 6) is 0.332. The first-order chi connectivity index (χ1) is 8.57. The number of carboxylic acids is 1. The van der Waals surface area contributed by atoms with Gasteiger partial charge in [-0.3, -0.25) is 0 Å². The van der Waals surface area contributed by atoms with Gasteiger partial charge in [-0.25, -0.2) is 4.79 Å². The zero-order valence-corrected chi connectivity index (χ0v) is 10.8. The maximum absolute atomic E-state index is 11.6. The molecule has 0 aromatic heterocycles. The molecule has 18 heavy (non-hydrogen) atoms. The minimum atomic E-state index is -0.853. The topological polar surface area (TPSA) is 58.6 Å². The predicted molar refractivity (Wildman–Crippen MR) is 70.0 cm³/mol. The third-order valence-corrected chi connectivity index (χ3v) is 3.65. The molecule has 0 radical (unpaired) electrons. The second kappa shape index (κ2) is 4.88. The van der Waals surface area contributed by atoms with Crippen LogP contribution in [-0.4, -0.2) is 23.7 Å². The summed E-state index contributed by atoms with van der Waals surface area (Å²) in [6, 6.07) is 7.43. The second-order valence-electron chi connectivity index (χ2n) is 5.06. The summed E-state index contributed by atoms with van der Waals surface area (Å²) < 4.78 is 5.25. The highest BCUT2D eigenvalue weighted by Crippen LogP contribution is 2.39. The molecular weight excluding hydrogens is 230 g/mol. The largest absolute Gasteiger partial charge is 0.495 e. The van der Waals surface area contributed by atoms with Gasteiger partial charge in [0.25, 0.3) is 0 Å². The first-order valence-corrected chi connectivity index (χ1v) is 6.22. The lowest BCUT2D eigenvalue weighted by Crippen LogP contribution is -2.44. The molecular formula is C14H19NO3. The van der Waals surface area contributed by atoms with Gasteiger partial charge in [-0.1, -0.05) is 19.1 Å². The number of aliphatic carboxylic acids is 1. The highest BCUT2D eigenvalue weighted by Gasteiger charge is 2.44. The Kier molecular flexibility index (Phi) is 3.45. The highest BCUT2D eigenvalue weighted by atomic mass is 16.5. The molecule has 0 amide bonds. The van der Waals surface area contributed by atoms with E-state index in [4.69, 9.17) is 4.74 Å². The molecule has 1 aromatic carbocycles. The Morgan fingerprint density at radius 1 is 1.50 bits per heavy atom. The van der Waals surface area contributed by atoms with E-state index in [1.54, 1.807) is 7.11 Å². The standard InChI is InChI=1S/C14H19NO3/c1-10-7-8-14(9-10,13(16)17)15-11-5-3-4-6-12(11)18-2/h3-6,10,15H,7-9H2,1-2H3,(H,16,17). The molecule has 1 fully saturated rings. The SMILES string of the molecule is COc1ccccc1NC1(C(=O)O)CCC(C)C1. The minimum absolute atomic E-state index is 0.434. The molecule has 0 saturated heterocycles. The molecule has 1 aliphatic rings. The van der Waals surface area contributed by atoms with Crippen LogP contribution in [0.25, 0.3) is 0 Å². The molecule has 4 nitrogen and oxygen atoms in total. The molecule has 2 atom stereocenters. The summed E-state index contributed by atoms with van der Waals surface area (Å²) in [4.78, 5) is 11.6. The van der Waals surface area contributed by atoms with Gasteiger partial charge in [0.05, 0.1) is 12.8 Å². The zero-order valence-electron chi connectivity index (χ0n) is 10.8. The molecule has 98 valence electrons. The van der Waals surface area contributed by atoms with Crippen LogP contribution in [0.2, 0.25) is 0 Å². The molecule has 0 bridgehead atoms. The molecule has 2 N–H and O–H groups in total. The van der Waals surface area contributed by atoms with Crippen LogP contribution >= 0.6 is 0 Å². The molecule has 4 heteroatoms. The second-order valence-corrected chi connectivity index (χ2v) is 5.06. The lowest BCUT2D eigenvalue weighted by atomic mass is 9.95. The van der Waals surface area contributed by atoms with E-state index in [1.807, 2.05) is 24.3 Å². The summed E-state index contributed by atoms with van der Waals surface area (Å²) in [5.41, 5.74) is -0.106. The van der Waals surface area contributed by atoms with E-state index in [0.29, 0.717) is 24.5 Å². The van der Waals surface area contributed by atoms with Crippen LogP contribution in [0.4, 0.5) is 5.69 Å². The number of hydrogen-bond donors (Lipinski definition) is 2. The number of hydrogen-bond acceptors (Lipinski definition) is 3. The number of rotatable bonds is 4. The highest BCUT2D eigenvalue weighted by molar-refractivity contribution is 5.84. The van der Waals surface area contributed by atoms with Crippen molar-refractivity contribution in [1.29, 1.82) is 0 Å². The number of ether oxygens (including phenoxy) is 1. The lowest BCUT2D eigenvalue weighted by molar-refractivity contribution is -0.142. The Bertz CT molecular complexity index is 446. The van der Waals surface area contributed by atoms with Crippen LogP contribution in [0.3, 0.4) is 0 Å². The first-order valence-electron chi connectivity index (χ1n) is 6.22. The zero-order chi connectivity index (χ0) is 13.2. The van der Waals surface area contributed by atoms with Crippen LogP contribution in [0, 0.1) is 5.92 Å². The number of carbonyl (C=O) groups is 1. The van der Waals surface area contributed by atoms with Gasteiger partial charge >= 0.3 is 5.97 Å². The summed E-state index contributed by atoms with van der Waals surface area (Å²) >= 11 is 0. The Hall–Kier alpha value is -1.71. The number of para-hydroxylation sites is 2. The monoisotopic (exact) mass is 249 g/mol. The van der Waals surface area contributed by atoms with Crippen LogP contribution < -0.4 is 10.1 Å². The Morgan fingerprint density at radius 2 is 2.22 bits per heavy atom. The lowest BCUT2D eigenvalue weighted by Gasteiger charge is -2.28. The minimum Gasteiger partial charge on any atom is -0.495 e. The first kappa shape index (κ1) is 12.7. The van der Waals surface area contributed by atoms with Gasteiger partial charge in [0.15, 0.2) is 0 Å². The maximum atomic E-state index is 11.6. The fourth-order valence-electron chi connectivity index (χ4n) is 2.66. The molecule has 0 aliphatic heterocycles. The molecule has 1 aromatic rings. The molecule has 0 heterocycles. The summed E-state index contributed by atoms with van der Waals surface area (Å²) in [7, 11) is 1.59. The van der Waals surface area contributed by atoms with Crippen molar-refractivity contribution in [2.45, 2.75) is 31.7 Å². The Labute approximate surface area is 107 Å². The number of nitrogens with one attached hydrogen (secondary N) is 1. The van der Waals surface area contributed by atoms with E-state index in [9.17, 15) is 9.90 Å². The van der Waals surface area contributed by atoms with E-state index in [0.717, 1.165) is 12.1 Å². The van der Waals surface area contributed by atoms with Crippen LogP contribution in [0.5, 0.6) is 5.75 Å². The third kappa shape index (κ3) is 2.28. The normalized spacial score (nSPS) is 26.9. The Morgan fingerprint density at radius 3 is 2.78 bits per heavy atom. The van der Waals surface area contributed by atoms with Gasteiger partial charge in [-0.05, 0) is 37.3 Å². The summed E-state index contributed by atoms with van der Waals surface area (Å²) in [5, 5.41) is 12.7. The number of carboxylic acid groups (broad SMARTS) is 1. The van der Waals surface area contributed by atoms with Crippen molar-refractivity contribution in [3.63, 3.8) is 0 Å². The quantitative estimate of drug-likeness (QED) is 0.861. The molecule has 1 saturated carbocycles. The van der Waals surface area contributed by atoms with E-state index < -0.39 is 11.5 Å². The summed E-state index contributed by atoms with van der Waals surface area (Å²) in [6.45, 7) is 2.09.